The Kier molecular flexibility index (Phi) is 4.23. The molecule has 0 spiro atoms. The minimum atomic E-state index is -0.298. The van der Waals surface area contributed by atoms with Crippen molar-refractivity contribution in [3.05, 3.63) is 12.2 Å². The Hall–Kier alpha value is -0.550. The number of hydrogen-bond donors (Lipinski definition) is 1. The molecule has 5 heteroatoms. The molecular formula is C11H19N3OS. The predicted octanol–water partition coefficient (Wildman–Crippen LogP) is 1.39. The molecule has 1 atom stereocenters. The zero-order valence-electron chi connectivity index (χ0n) is 9.67. The van der Waals surface area contributed by atoms with Crippen LogP contribution >= 0.6 is 11.8 Å². The molecule has 1 fully saturated rings. The van der Waals surface area contributed by atoms with E-state index in [1.807, 2.05) is 18.8 Å². The van der Waals surface area contributed by atoms with Crippen LogP contribution in [-0.4, -0.2) is 37.0 Å². The maximum absolute atomic E-state index is 9.90. The molecule has 0 bridgehead atoms. The van der Waals surface area contributed by atoms with Gasteiger partial charge in [0, 0.05) is 24.5 Å². The zero-order chi connectivity index (χ0) is 11.4. The second-order valence-corrected chi connectivity index (χ2v) is 5.73. The molecule has 1 aromatic rings. The van der Waals surface area contributed by atoms with Crippen LogP contribution in [0.2, 0.25) is 0 Å². The van der Waals surface area contributed by atoms with Gasteiger partial charge >= 0.3 is 0 Å². The van der Waals surface area contributed by atoms with Crippen LogP contribution in [0.25, 0.3) is 0 Å². The first kappa shape index (κ1) is 11.9. The van der Waals surface area contributed by atoms with Crippen molar-refractivity contribution in [1.82, 2.24) is 14.8 Å². The summed E-state index contributed by atoms with van der Waals surface area (Å²) < 4.78 is 1.73. The minimum Gasteiger partial charge on any atom is -0.392 e. The molecular weight excluding hydrogens is 222 g/mol. The molecule has 1 unspecified atom stereocenters. The summed E-state index contributed by atoms with van der Waals surface area (Å²) in [6.45, 7) is 0. The largest absolute Gasteiger partial charge is 0.392 e. The van der Waals surface area contributed by atoms with E-state index in [1.54, 1.807) is 4.68 Å². The molecule has 0 radical (unpaired) electrons. The Labute approximate surface area is 100 Å². The molecule has 0 amide bonds. The van der Waals surface area contributed by atoms with Crippen LogP contribution in [0.1, 0.15) is 31.5 Å². The fraction of sp³-hybridized carbons (Fsp3) is 0.818. The monoisotopic (exact) mass is 241 g/mol. The van der Waals surface area contributed by atoms with Crippen LogP contribution in [-0.2, 0) is 13.5 Å². The molecule has 1 N–H and O–H groups in total. The molecule has 16 heavy (non-hydrogen) atoms. The number of hydrogen-bond acceptors (Lipinski definition) is 4. The van der Waals surface area contributed by atoms with Crippen molar-refractivity contribution in [2.45, 2.75) is 43.5 Å². The standard InChI is InChI=1S/C11H19N3OS/c1-14-11(12-8-13-14)6-9(15)7-16-10-4-2-3-5-10/h8-10,15H,2-7H2,1H3. The van der Waals surface area contributed by atoms with Gasteiger partial charge in [-0.15, -0.1) is 0 Å². The van der Waals surface area contributed by atoms with Crippen molar-refractivity contribution in [3.8, 4) is 0 Å². The normalized spacial score (nSPS) is 19.1. The molecule has 1 aliphatic carbocycles. The van der Waals surface area contributed by atoms with Gasteiger partial charge in [0.15, 0.2) is 0 Å². The fourth-order valence-electron chi connectivity index (χ4n) is 2.08. The third kappa shape index (κ3) is 3.22. The maximum Gasteiger partial charge on any atom is 0.138 e. The van der Waals surface area contributed by atoms with E-state index in [-0.39, 0.29) is 6.10 Å². The van der Waals surface area contributed by atoms with E-state index < -0.39 is 0 Å². The third-order valence-electron chi connectivity index (χ3n) is 3.05. The van der Waals surface area contributed by atoms with Gasteiger partial charge in [-0.1, -0.05) is 12.8 Å². The van der Waals surface area contributed by atoms with Crippen LogP contribution in [0, 0.1) is 0 Å². The lowest BCUT2D eigenvalue weighted by Crippen LogP contribution is -2.18. The zero-order valence-corrected chi connectivity index (χ0v) is 10.5. The summed E-state index contributed by atoms with van der Waals surface area (Å²) >= 11 is 1.91. The lowest BCUT2D eigenvalue weighted by Gasteiger charge is -2.13. The Balaban J connectivity index is 1.71. The molecule has 1 saturated carbocycles. The molecule has 2 rings (SSSR count). The van der Waals surface area contributed by atoms with Gasteiger partial charge in [0.1, 0.15) is 12.2 Å². The highest BCUT2D eigenvalue weighted by molar-refractivity contribution is 7.99. The molecule has 0 aliphatic heterocycles. The van der Waals surface area contributed by atoms with Gasteiger partial charge in [0.05, 0.1) is 6.10 Å². The highest BCUT2D eigenvalue weighted by atomic mass is 32.2. The lowest BCUT2D eigenvalue weighted by atomic mass is 10.3. The van der Waals surface area contributed by atoms with Crippen LogP contribution in [0.5, 0.6) is 0 Å². The summed E-state index contributed by atoms with van der Waals surface area (Å²) in [6.07, 6.45) is 7.20. The Bertz CT molecular complexity index is 323. The van der Waals surface area contributed by atoms with Gasteiger partial charge in [-0.2, -0.15) is 16.9 Å². The van der Waals surface area contributed by atoms with E-state index in [0.29, 0.717) is 6.42 Å². The molecule has 1 aromatic heterocycles. The van der Waals surface area contributed by atoms with Crippen LogP contribution in [0.3, 0.4) is 0 Å². The van der Waals surface area contributed by atoms with Crippen molar-refractivity contribution in [2.75, 3.05) is 5.75 Å². The summed E-state index contributed by atoms with van der Waals surface area (Å²) in [5, 5.41) is 14.7. The molecule has 4 nitrogen and oxygen atoms in total. The number of thioether (sulfide) groups is 1. The lowest BCUT2D eigenvalue weighted by molar-refractivity contribution is 0.196. The van der Waals surface area contributed by atoms with Crippen LogP contribution in [0.4, 0.5) is 0 Å². The van der Waals surface area contributed by atoms with Crippen LogP contribution < -0.4 is 0 Å². The SMILES string of the molecule is Cn1ncnc1CC(O)CSC1CCCC1. The van der Waals surface area contributed by atoms with Gasteiger partial charge < -0.3 is 5.11 Å². The summed E-state index contributed by atoms with van der Waals surface area (Å²) in [5.74, 6) is 1.68. The van der Waals surface area contributed by atoms with E-state index in [0.717, 1.165) is 16.8 Å². The van der Waals surface area contributed by atoms with Gasteiger partial charge in [-0.3, -0.25) is 4.68 Å². The van der Waals surface area contributed by atoms with Crippen LogP contribution in [0.15, 0.2) is 6.33 Å². The number of aliphatic hydroxyl groups excluding tert-OH is 1. The molecule has 0 aromatic carbocycles. The highest BCUT2D eigenvalue weighted by Gasteiger charge is 2.17. The first-order chi connectivity index (χ1) is 7.75. The van der Waals surface area contributed by atoms with Gasteiger partial charge in [-0.25, -0.2) is 4.98 Å². The fourth-order valence-corrected chi connectivity index (χ4v) is 3.36. The first-order valence-electron chi connectivity index (χ1n) is 5.88. The highest BCUT2D eigenvalue weighted by Crippen LogP contribution is 2.29. The quantitative estimate of drug-likeness (QED) is 0.846. The van der Waals surface area contributed by atoms with E-state index in [4.69, 9.17) is 0 Å². The summed E-state index contributed by atoms with van der Waals surface area (Å²) in [7, 11) is 1.86. The van der Waals surface area contributed by atoms with Crippen molar-refractivity contribution in [3.63, 3.8) is 0 Å². The van der Waals surface area contributed by atoms with Crippen molar-refractivity contribution in [1.29, 1.82) is 0 Å². The van der Waals surface area contributed by atoms with E-state index >= 15 is 0 Å². The minimum absolute atomic E-state index is 0.298. The number of nitrogens with zero attached hydrogens (tertiary/aromatic N) is 3. The Morgan fingerprint density at radius 3 is 2.94 bits per heavy atom. The van der Waals surface area contributed by atoms with E-state index in [1.165, 1.54) is 32.0 Å². The number of aromatic nitrogens is 3. The molecule has 90 valence electrons. The summed E-state index contributed by atoms with van der Waals surface area (Å²) in [4.78, 5) is 4.12. The average Bonchev–Trinajstić information content (AvgIpc) is 2.88. The Morgan fingerprint density at radius 1 is 1.56 bits per heavy atom. The molecule has 1 heterocycles. The Morgan fingerprint density at radius 2 is 2.31 bits per heavy atom. The smallest absolute Gasteiger partial charge is 0.138 e. The van der Waals surface area contributed by atoms with Gasteiger partial charge in [-0.05, 0) is 12.8 Å². The predicted molar refractivity (Wildman–Crippen MR) is 65.4 cm³/mol. The molecule has 0 saturated heterocycles. The van der Waals surface area contributed by atoms with Crippen molar-refractivity contribution >= 4 is 11.8 Å². The second kappa shape index (κ2) is 5.68. The van der Waals surface area contributed by atoms with Gasteiger partial charge in [0.25, 0.3) is 0 Å². The van der Waals surface area contributed by atoms with Crippen molar-refractivity contribution < 1.29 is 5.11 Å². The summed E-state index contributed by atoms with van der Waals surface area (Å²) in [6, 6.07) is 0. The van der Waals surface area contributed by atoms with E-state index in [2.05, 4.69) is 10.1 Å². The number of aryl methyl sites for hydroxylation is 1. The summed E-state index contributed by atoms with van der Waals surface area (Å²) in [5.41, 5.74) is 0. The maximum atomic E-state index is 9.90. The number of aliphatic hydroxyl groups is 1. The topological polar surface area (TPSA) is 50.9 Å². The first-order valence-corrected chi connectivity index (χ1v) is 6.93. The second-order valence-electron chi connectivity index (χ2n) is 4.40. The third-order valence-corrected chi connectivity index (χ3v) is 4.57. The van der Waals surface area contributed by atoms with E-state index in [9.17, 15) is 5.11 Å². The average molecular weight is 241 g/mol. The van der Waals surface area contributed by atoms with Gasteiger partial charge in [0.2, 0.25) is 0 Å². The number of rotatable bonds is 5. The molecule has 1 aliphatic rings. The van der Waals surface area contributed by atoms with Crippen molar-refractivity contribution in [2.24, 2.45) is 7.05 Å².